The third-order valence-corrected chi connectivity index (χ3v) is 2.98. The van der Waals surface area contributed by atoms with Crippen molar-refractivity contribution in [3.05, 3.63) is 52.3 Å². The first-order valence-electron chi connectivity index (χ1n) is 5.23. The summed E-state index contributed by atoms with van der Waals surface area (Å²) >= 11 is 5.75. The maximum Gasteiger partial charge on any atom is 0.200 e. The summed E-state index contributed by atoms with van der Waals surface area (Å²) < 4.78 is 71.5. The van der Waals surface area contributed by atoms with E-state index in [0.29, 0.717) is 0 Å². The van der Waals surface area contributed by atoms with E-state index in [2.05, 4.69) is 0 Å². The van der Waals surface area contributed by atoms with Gasteiger partial charge < -0.3 is 4.74 Å². The molecule has 0 atom stereocenters. The molecule has 1 nitrogen and oxygen atoms in total. The minimum Gasteiger partial charge on any atom is -0.497 e. The molecule has 0 aliphatic carbocycles. The average Bonchev–Trinajstić information content (AvgIpc) is 2.45. The van der Waals surface area contributed by atoms with E-state index >= 15 is 0 Å². The summed E-state index contributed by atoms with van der Waals surface area (Å²) in [6.07, 6.45) is 0. The second-order valence-corrected chi connectivity index (χ2v) is 4.20. The SMILES string of the molecule is COc1ccc(Cl)c(-c2c(F)c(F)c(F)c(F)c2F)c1. The van der Waals surface area contributed by atoms with Crippen LogP contribution in [0.5, 0.6) is 5.75 Å². The molecular formula is C13H6ClF5O. The highest BCUT2D eigenvalue weighted by Crippen LogP contribution is 2.37. The predicted molar refractivity (Wildman–Crippen MR) is 63.2 cm³/mol. The fourth-order valence-electron chi connectivity index (χ4n) is 1.66. The zero-order valence-electron chi connectivity index (χ0n) is 9.91. The van der Waals surface area contributed by atoms with E-state index in [-0.39, 0.29) is 16.3 Å². The Labute approximate surface area is 115 Å². The highest BCUT2D eigenvalue weighted by atomic mass is 35.5. The average molecular weight is 309 g/mol. The van der Waals surface area contributed by atoms with Gasteiger partial charge in [0.15, 0.2) is 23.3 Å². The van der Waals surface area contributed by atoms with Crippen LogP contribution >= 0.6 is 11.6 Å². The Balaban J connectivity index is 2.83. The van der Waals surface area contributed by atoms with Crippen LogP contribution in [0, 0.1) is 29.1 Å². The van der Waals surface area contributed by atoms with E-state index in [1.807, 2.05) is 0 Å². The molecule has 7 heteroatoms. The standard InChI is InChI=1S/C13H6ClF5O/c1-20-5-2-3-7(14)6(4-5)8-9(15)11(17)13(19)12(18)10(8)16/h2-4H,1H3. The molecule has 0 saturated heterocycles. The molecule has 0 radical (unpaired) electrons. The summed E-state index contributed by atoms with van der Waals surface area (Å²) in [5.74, 6) is -10.0. The molecule has 0 bridgehead atoms. The second kappa shape index (κ2) is 5.28. The Kier molecular flexibility index (Phi) is 3.85. The monoisotopic (exact) mass is 308 g/mol. The molecule has 2 rings (SSSR count). The van der Waals surface area contributed by atoms with Crippen LogP contribution in [0.4, 0.5) is 22.0 Å². The van der Waals surface area contributed by atoms with Gasteiger partial charge in [0.25, 0.3) is 0 Å². The number of ether oxygens (including phenoxy) is 1. The number of hydrogen-bond donors (Lipinski definition) is 0. The van der Waals surface area contributed by atoms with Gasteiger partial charge in [0, 0.05) is 10.6 Å². The molecule has 0 aliphatic rings. The van der Waals surface area contributed by atoms with Gasteiger partial charge in [-0.2, -0.15) is 0 Å². The molecule has 0 heterocycles. The molecule has 0 N–H and O–H groups in total. The lowest BCUT2D eigenvalue weighted by molar-refractivity contribution is 0.381. The number of halogens is 6. The molecule has 0 spiro atoms. The maximum absolute atomic E-state index is 13.7. The van der Waals surface area contributed by atoms with E-state index in [1.54, 1.807) is 0 Å². The first-order valence-corrected chi connectivity index (χ1v) is 5.61. The Bertz CT molecular complexity index is 658. The molecule has 0 fully saturated rings. The van der Waals surface area contributed by atoms with Gasteiger partial charge in [-0.05, 0) is 18.2 Å². The third kappa shape index (κ3) is 2.20. The van der Waals surface area contributed by atoms with Crippen LogP contribution in [0.3, 0.4) is 0 Å². The first-order chi connectivity index (χ1) is 9.38. The highest BCUT2D eigenvalue weighted by Gasteiger charge is 2.27. The minimum atomic E-state index is -2.22. The van der Waals surface area contributed by atoms with Crippen LogP contribution in [0.15, 0.2) is 18.2 Å². The van der Waals surface area contributed by atoms with Gasteiger partial charge in [-0.15, -0.1) is 0 Å². The molecular weight excluding hydrogens is 303 g/mol. The van der Waals surface area contributed by atoms with E-state index in [0.717, 1.165) is 6.07 Å². The van der Waals surface area contributed by atoms with Crippen LogP contribution in [0.25, 0.3) is 11.1 Å². The van der Waals surface area contributed by atoms with Crippen molar-refractivity contribution in [2.45, 2.75) is 0 Å². The molecule has 20 heavy (non-hydrogen) atoms. The van der Waals surface area contributed by atoms with Gasteiger partial charge in [0.2, 0.25) is 5.82 Å². The number of benzene rings is 2. The van der Waals surface area contributed by atoms with Crippen LogP contribution in [0.2, 0.25) is 5.02 Å². The molecule has 0 aliphatic heterocycles. The van der Waals surface area contributed by atoms with Crippen LogP contribution in [-0.4, -0.2) is 7.11 Å². The lowest BCUT2D eigenvalue weighted by atomic mass is 10.0. The summed E-state index contributed by atoms with van der Waals surface area (Å²) in [6.45, 7) is 0. The van der Waals surface area contributed by atoms with Crippen molar-refractivity contribution in [1.82, 2.24) is 0 Å². The van der Waals surface area contributed by atoms with E-state index in [9.17, 15) is 22.0 Å². The van der Waals surface area contributed by atoms with Crippen molar-refractivity contribution >= 4 is 11.6 Å². The molecule has 106 valence electrons. The summed E-state index contributed by atoms with van der Waals surface area (Å²) in [6, 6.07) is 3.70. The van der Waals surface area contributed by atoms with E-state index in [1.165, 1.54) is 19.2 Å². The number of methoxy groups -OCH3 is 1. The Morgan fingerprint density at radius 2 is 1.35 bits per heavy atom. The van der Waals surface area contributed by atoms with Crippen molar-refractivity contribution in [3.63, 3.8) is 0 Å². The molecule has 0 saturated carbocycles. The van der Waals surface area contributed by atoms with Crippen molar-refractivity contribution in [2.75, 3.05) is 7.11 Å². The molecule has 0 unspecified atom stereocenters. The Morgan fingerprint density at radius 1 is 0.850 bits per heavy atom. The summed E-state index contributed by atoms with van der Waals surface area (Å²) in [5, 5.41) is -0.172. The van der Waals surface area contributed by atoms with Gasteiger partial charge >= 0.3 is 0 Å². The first kappa shape index (κ1) is 14.6. The normalized spacial score (nSPS) is 10.8. The topological polar surface area (TPSA) is 9.23 Å². The fourth-order valence-corrected chi connectivity index (χ4v) is 1.88. The van der Waals surface area contributed by atoms with Crippen molar-refractivity contribution < 1.29 is 26.7 Å². The fraction of sp³-hybridized carbons (Fsp3) is 0.0769. The maximum atomic E-state index is 13.7. The predicted octanol–water partition coefficient (Wildman–Crippen LogP) is 4.71. The van der Waals surface area contributed by atoms with Crippen molar-refractivity contribution in [3.8, 4) is 16.9 Å². The highest BCUT2D eigenvalue weighted by molar-refractivity contribution is 6.33. The second-order valence-electron chi connectivity index (χ2n) is 3.79. The molecule has 0 amide bonds. The summed E-state index contributed by atoms with van der Waals surface area (Å²) in [7, 11) is 1.28. The zero-order valence-corrected chi connectivity index (χ0v) is 10.7. The lowest BCUT2D eigenvalue weighted by Gasteiger charge is -2.11. The quantitative estimate of drug-likeness (QED) is 0.443. The molecule has 0 aromatic heterocycles. The van der Waals surface area contributed by atoms with Crippen LogP contribution in [0.1, 0.15) is 0 Å². The minimum absolute atomic E-state index is 0.161. The van der Waals surface area contributed by atoms with Crippen molar-refractivity contribution in [1.29, 1.82) is 0 Å². The molecule has 2 aromatic rings. The largest absolute Gasteiger partial charge is 0.497 e. The molecule has 2 aromatic carbocycles. The van der Waals surface area contributed by atoms with Crippen molar-refractivity contribution in [2.24, 2.45) is 0 Å². The van der Waals surface area contributed by atoms with E-state index < -0.39 is 34.6 Å². The van der Waals surface area contributed by atoms with Gasteiger partial charge in [-0.1, -0.05) is 11.6 Å². The Hall–Kier alpha value is -1.82. The number of hydrogen-bond acceptors (Lipinski definition) is 1. The summed E-state index contributed by atoms with van der Waals surface area (Å²) in [5.41, 5.74) is -1.44. The summed E-state index contributed by atoms with van der Waals surface area (Å²) in [4.78, 5) is 0. The van der Waals surface area contributed by atoms with E-state index in [4.69, 9.17) is 16.3 Å². The Morgan fingerprint density at radius 3 is 1.85 bits per heavy atom. The van der Waals surface area contributed by atoms with Crippen LogP contribution in [-0.2, 0) is 0 Å². The zero-order chi connectivity index (χ0) is 15.0. The smallest absolute Gasteiger partial charge is 0.200 e. The lowest BCUT2D eigenvalue weighted by Crippen LogP contribution is -2.04. The third-order valence-electron chi connectivity index (χ3n) is 2.65. The van der Waals surface area contributed by atoms with Gasteiger partial charge in [0.05, 0.1) is 12.7 Å². The van der Waals surface area contributed by atoms with Gasteiger partial charge in [-0.3, -0.25) is 0 Å². The van der Waals surface area contributed by atoms with Gasteiger partial charge in [0.1, 0.15) is 5.75 Å². The van der Waals surface area contributed by atoms with Gasteiger partial charge in [-0.25, -0.2) is 22.0 Å². The van der Waals surface area contributed by atoms with Crippen LogP contribution < -0.4 is 4.74 Å². The number of rotatable bonds is 2.